The van der Waals surface area contributed by atoms with Gasteiger partial charge in [-0.3, -0.25) is 9.48 Å². The monoisotopic (exact) mass is 534 g/mol. The van der Waals surface area contributed by atoms with Crippen LogP contribution in [0.15, 0.2) is 57.6 Å². The van der Waals surface area contributed by atoms with Crippen LogP contribution in [0.25, 0.3) is 16.9 Å². The molecule has 0 atom stereocenters. The molecule has 9 heteroatoms. The van der Waals surface area contributed by atoms with E-state index in [9.17, 15) is 4.79 Å². The minimum absolute atomic E-state index is 0.130. The summed E-state index contributed by atoms with van der Waals surface area (Å²) in [4.78, 5) is 19.5. The predicted octanol–water partition coefficient (Wildman–Crippen LogP) is 5.78. The van der Waals surface area contributed by atoms with Crippen molar-refractivity contribution in [2.75, 3.05) is 21.3 Å². The molecule has 2 aromatic heterocycles. The standard InChI is InChI=1S/C29H34N4O4S/c1-19-26(28(34)33(31(19)2)22-14-10-7-11-15-22)30-29-32(21-12-8-6-9-13-21)23(18-38-29)20-16-24(35-3)27(37-5)25(17-20)36-4/h7,10-11,14-18,21H,6,8-9,12-13H2,1-5H3. The van der Waals surface area contributed by atoms with Crippen molar-refractivity contribution in [3.05, 3.63) is 68.7 Å². The van der Waals surface area contributed by atoms with Gasteiger partial charge in [-0.15, -0.1) is 11.3 Å². The summed E-state index contributed by atoms with van der Waals surface area (Å²) in [7, 11) is 6.75. The summed E-state index contributed by atoms with van der Waals surface area (Å²) in [6.07, 6.45) is 5.74. The van der Waals surface area contributed by atoms with E-state index >= 15 is 0 Å². The van der Waals surface area contributed by atoms with E-state index in [-0.39, 0.29) is 5.56 Å². The van der Waals surface area contributed by atoms with Gasteiger partial charge in [-0.2, -0.15) is 0 Å². The van der Waals surface area contributed by atoms with Crippen molar-refractivity contribution < 1.29 is 14.2 Å². The predicted molar refractivity (Wildman–Crippen MR) is 150 cm³/mol. The molecule has 1 aliphatic carbocycles. The van der Waals surface area contributed by atoms with Gasteiger partial charge in [0.15, 0.2) is 22.0 Å². The summed E-state index contributed by atoms with van der Waals surface area (Å²) in [5.41, 5.74) is 3.94. The van der Waals surface area contributed by atoms with E-state index in [1.165, 1.54) is 19.3 Å². The molecule has 2 aromatic carbocycles. The molecule has 0 amide bonds. The Morgan fingerprint density at radius 2 is 1.61 bits per heavy atom. The van der Waals surface area contributed by atoms with E-state index in [4.69, 9.17) is 19.2 Å². The highest BCUT2D eigenvalue weighted by Crippen LogP contribution is 2.42. The van der Waals surface area contributed by atoms with E-state index in [2.05, 4.69) is 9.95 Å². The normalized spacial score (nSPS) is 14.6. The lowest BCUT2D eigenvalue weighted by Crippen LogP contribution is -2.24. The molecule has 0 saturated heterocycles. The Labute approximate surface area is 226 Å². The fraction of sp³-hybridized carbons (Fsp3) is 0.379. The first-order valence-electron chi connectivity index (χ1n) is 12.9. The van der Waals surface area contributed by atoms with Crippen molar-refractivity contribution in [1.82, 2.24) is 13.9 Å². The van der Waals surface area contributed by atoms with Crippen LogP contribution in [-0.4, -0.2) is 35.3 Å². The lowest BCUT2D eigenvalue weighted by molar-refractivity contribution is 0.324. The highest BCUT2D eigenvalue weighted by Gasteiger charge is 2.24. The molecule has 1 aliphatic rings. The Bertz CT molecular complexity index is 1530. The molecule has 0 N–H and O–H groups in total. The van der Waals surface area contributed by atoms with Crippen molar-refractivity contribution >= 4 is 17.0 Å². The average molecular weight is 535 g/mol. The second kappa shape index (κ2) is 10.9. The Morgan fingerprint density at radius 3 is 2.21 bits per heavy atom. The van der Waals surface area contributed by atoms with Crippen LogP contribution in [0.4, 0.5) is 5.69 Å². The Hall–Kier alpha value is -3.72. The summed E-state index contributed by atoms with van der Waals surface area (Å²) in [5.74, 6) is 1.77. The summed E-state index contributed by atoms with van der Waals surface area (Å²) >= 11 is 1.55. The fourth-order valence-electron chi connectivity index (χ4n) is 5.31. The Morgan fingerprint density at radius 1 is 0.947 bits per heavy atom. The van der Waals surface area contributed by atoms with Crippen molar-refractivity contribution in [3.63, 3.8) is 0 Å². The number of hydrogen-bond donors (Lipinski definition) is 0. The third kappa shape index (κ3) is 4.55. The molecule has 8 nitrogen and oxygen atoms in total. The second-order valence-corrected chi connectivity index (χ2v) is 10.3. The van der Waals surface area contributed by atoms with Gasteiger partial charge in [0.05, 0.1) is 38.4 Å². The van der Waals surface area contributed by atoms with Crippen LogP contribution in [-0.2, 0) is 7.05 Å². The molecule has 0 radical (unpaired) electrons. The number of ether oxygens (including phenoxy) is 3. The largest absolute Gasteiger partial charge is 0.493 e. The molecular weight excluding hydrogens is 500 g/mol. The topological polar surface area (TPSA) is 71.9 Å². The van der Waals surface area contributed by atoms with Crippen LogP contribution in [0.1, 0.15) is 43.8 Å². The molecule has 4 aromatic rings. The Kier molecular flexibility index (Phi) is 7.46. The minimum Gasteiger partial charge on any atom is -0.493 e. The minimum atomic E-state index is -0.130. The van der Waals surface area contributed by atoms with Crippen molar-refractivity contribution in [2.24, 2.45) is 12.0 Å². The molecule has 38 heavy (non-hydrogen) atoms. The zero-order valence-corrected chi connectivity index (χ0v) is 23.4. The average Bonchev–Trinajstić information content (AvgIpc) is 3.47. The number of benzene rings is 2. The highest BCUT2D eigenvalue weighted by atomic mass is 32.1. The van der Waals surface area contributed by atoms with Gasteiger partial charge in [-0.05, 0) is 44.0 Å². The molecule has 2 heterocycles. The molecule has 5 rings (SSSR count). The number of nitrogens with zero attached hydrogens (tertiary/aromatic N) is 4. The van der Waals surface area contributed by atoms with Gasteiger partial charge in [0.25, 0.3) is 5.56 Å². The third-order valence-corrected chi connectivity index (χ3v) is 8.21. The van der Waals surface area contributed by atoms with Crippen LogP contribution >= 0.6 is 11.3 Å². The van der Waals surface area contributed by atoms with E-state index in [1.54, 1.807) is 37.3 Å². The molecule has 0 spiro atoms. The van der Waals surface area contributed by atoms with Gasteiger partial charge in [0.1, 0.15) is 0 Å². The van der Waals surface area contributed by atoms with Gasteiger partial charge in [0.2, 0.25) is 5.75 Å². The first-order valence-corrected chi connectivity index (χ1v) is 13.8. The Balaban J connectivity index is 1.72. The zero-order valence-electron chi connectivity index (χ0n) is 22.6. The summed E-state index contributed by atoms with van der Waals surface area (Å²) in [6, 6.07) is 13.9. The molecular formula is C29H34N4O4S. The maximum atomic E-state index is 13.6. The van der Waals surface area contributed by atoms with Gasteiger partial charge in [-0.1, -0.05) is 37.5 Å². The van der Waals surface area contributed by atoms with Gasteiger partial charge in [0, 0.05) is 24.0 Å². The summed E-state index contributed by atoms with van der Waals surface area (Å²) < 4.78 is 22.7. The van der Waals surface area contributed by atoms with Crippen molar-refractivity contribution in [1.29, 1.82) is 0 Å². The smallest absolute Gasteiger partial charge is 0.297 e. The number of aromatic nitrogens is 3. The van der Waals surface area contributed by atoms with E-state index in [0.29, 0.717) is 29.0 Å². The molecule has 1 saturated carbocycles. The fourth-order valence-corrected chi connectivity index (χ4v) is 6.28. The quantitative estimate of drug-likeness (QED) is 0.301. The van der Waals surface area contributed by atoms with Gasteiger partial charge < -0.3 is 18.8 Å². The van der Waals surface area contributed by atoms with Crippen LogP contribution < -0.4 is 24.6 Å². The van der Waals surface area contributed by atoms with Gasteiger partial charge in [-0.25, -0.2) is 9.67 Å². The SMILES string of the molecule is COc1cc(-c2csc(=Nc3c(C)n(C)n(-c4ccccc4)c3=O)n2C2CCCCC2)cc(OC)c1OC. The number of rotatable bonds is 7. The maximum Gasteiger partial charge on any atom is 0.297 e. The number of hydrogen-bond acceptors (Lipinski definition) is 6. The molecule has 0 bridgehead atoms. The zero-order chi connectivity index (χ0) is 26.8. The number of para-hydroxylation sites is 1. The van der Waals surface area contributed by atoms with E-state index in [0.717, 1.165) is 40.3 Å². The third-order valence-electron chi connectivity index (χ3n) is 7.37. The van der Waals surface area contributed by atoms with Crippen molar-refractivity contribution in [3.8, 4) is 34.2 Å². The van der Waals surface area contributed by atoms with Gasteiger partial charge >= 0.3 is 0 Å². The van der Waals surface area contributed by atoms with Crippen molar-refractivity contribution in [2.45, 2.75) is 45.1 Å². The number of thiazole rings is 1. The lowest BCUT2D eigenvalue weighted by Gasteiger charge is -2.25. The van der Waals surface area contributed by atoms with E-state index < -0.39 is 0 Å². The van der Waals surface area contributed by atoms with Crippen LogP contribution in [0.5, 0.6) is 17.2 Å². The molecule has 1 fully saturated rings. The van der Waals surface area contributed by atoms with Crippen LogP contribution in [0.2, 0.25) is 0 Å². The summed E-state index contributed by atoms with van der Waals surface area (Å²) in [5, 5.41) is 2.11. The molecule has 200 valence electrons. The summed E-state index contributed by atoms with van der Waals surface area (Å²) in [6.45, 7) is 1.94. The van der Waals surface area contributed by atoms with Crippen LogP contribution in [0.3, 0.4) is 0 Å². The maximum absolute atomic E-state index is 13.6. The second-order valence-electron chi connectivity index (χ2n) is 9.50. The molecule has 0 aliphatic heterocycles. The first-order chi connectivity index (χ1) is 18.5. The van der Waals surface area contributed by atoms with E-state index in [1.807, 2.05) is 61.1 Å². The molecule has 0 unspecified atom stereocenters. The lowest BCUT2D eigenvalue weighted by atomic mass is 9.95. The first kappa shape index (κ1) is 25.9. The highest BCUT2D eigenvalue weighted by molar-refractivity contribution is 7.07. The number of methoxy groups -OCH3 is 3. The van der Waals surface area contributed by atoms with Crippen LogP contribution in [0, 0.1) is 6.92 Å².